The van der Waals surface area contributed by atoms with E-state index < -0.39 is 11.5 Å². The van der Waals surface area contributed by atoms with E-state index in [4.69, 9.17) is 0 Å². The van der Waals surface area contributed by atoms with Crippen molar-refractivity contribution < 1.29 is 9.90 Å². The third kappa shape index (κ3) is 3.09. The van der Waals surface area contributed by atoms with Crippen LogP contribution in [-0.2, 0) is 4.79 Å². The second-order valence-electron chi connectivity index (χ2n) is 6.24. The molecule has 0 spiro atoms. The average Bonchev–Trinajstić information content (AvgIpc) is 2.27. The minimum Gasteiger partial charge on any atom is -0.480 e. The quantitative estimate of drug-likeness (QED) is 0.872. The predicted molar refractivity (Wildman–Crippen MR) is 77.3 cm³/mol. The normalized spacial score (nSPS) is 30.9. The van der Waals surface area contributed by atoms with Gasteiger partial charge in [0, 0.05) is 5.69 Å². The number of hydrogen-bond acceptors (Lipinski definition) is 2. The molecule has 19 heavy (non-hydrogen) atoms. The lowest BCUT2D eigenvalue weighted by molar-refractivity contribution is -0.144. The second kappa shape index (κ2) is 5.24. The number of carboxylic acid groups (broad SMARTS) is 1. The summed E-state index contributed by atoms with van der Waals surface area (Å²) in [6, 6.07) is 7.93. The highest BCUT2D eigenvalue weighted by atomic mass is 16.4. The van der Waals surface area contributed by atoms with Crippen LogP contribution in [0, 0.1) is 18.8 Å². The first kappa shape index (κ1) is 13.9. The molecule has 0 heterocycles. The summed E-state index contributed by atoms with van der Waals surface area (Å²) in [6.45, 7) is 6.31. The standard InChI is InChI=1S/C16H23NO2/c1-11-5-4-6-14(8-11)17-16(15(18)19)9-12(2)7-13(3)10-16/h4-6,8,12-13,17H,7,9-10H2,1-3H3,(H,18,19). The predicted octanol–water partition coefficient (Wildman–Crippen LogP) is 3.69. The van der Waals surface area contributed by atoms with Crippen LogP contribution in [0.4, 0.5) is 5.69 Å². The van der Waals surface area contributed by atoms with E-state index in [1.54, 1.807) is 0 Å². The minimum atomic E-state index is -0.815. The molecular weight excluding hydrogens is 238 g/mol. The maximum Gasteiger partial charge on any atom is 0.329 e. The Bertz CT molecular complexity index is 460. The van der Waals surface area contributed by atoms with Crippen LogP contribution in [0.1, 0.15) is 38.7 Å². The van der Waals surface area contributed by atoms with Crippen molar-refractivity contribution in [2.24, 2.45) is 11.8 Å². The van der Waals surface area contributed by atoms with Crippen molar-refractivity contribution in [3.8, 4) is 0 Å². The van der Waals surface area contributed by atoms with Crippen LogP contribution in [0.2, 0.25) is 0 Å². The summed E-state index contributed by atoms with van der Waals surface area (Å²) in [5, 5.41) is 13.0. The number of hydrogen-bond donors (Lipinski definition) is 2. The first-order chi connectivity index (χ1) is 8.91. The van der Waals surface area contributed by atoms with Crippen molar-refractivity contribution >= 4 is 11.7 Å². The molecule has 2 unspecified atom stereocenters. The van der Waals surface area contributed by atoms with E-state index >= 15 is 0 Å². The van der Waals surface area contributed by atoms with Crippen LogP contribution < -0.4 is 5.32 Å². The number of carbonyl (C=O) groups is 1. The molecule has 1 aliphatic rings. The largest absolute Gasteiger partial charge is 0.480 e. The second-order valence-corrected chi connectivity index (χ2v) is 6.24. The van der Waals surface area contributed by atoms with Gasteiger partial charge >= 0.3 is 5.97 Å². The highest BCUT2D eigenvalue weighted by Gasteiger charge is 2.44. The zero-order valence-corrected chi connectivity index (χ0v) is 11.9. The van der Waals surface area contributed by atoms with Crippen molar-refractivity contribution in [3.63, 3.8) is 0 Å². The molecule has 0 aliphatic heterocycles. The van der Waals surface area contributed by atoms with Crippen LogP contribution >= 0.6 is 0 Å². The molecule has 0 aromatic heterocycles. The monoisotopic (exact) mass is 261 g/mol. The van der Waals surface area contributed by atoms with Gasteiger partial charge in [0.2, 0.25) is 0 Å². The number of anilines is 1. The van der Waals surface area contributed by atoms with Gasteiger partial charge in [-0.25, -0.2) is 4.79 Å². The van der Waals surface area contributed by atoms with E-state index in [0.717, 1.165) is 17.7 Å². The number of aliphatic carboxylic acids is 1. The molecule has 1 fully saturated rings. The summed E-state index contributed by atoms with van der Waals surface area (Å²) in [5.41, 5.74) is 1.23. The maximum absolute atomic E-state index is 11.8. The fraction of sp³-hybridized carbons (Fsp3) is 0.562. The van der Waals surface area contributed by atoms with Gasteiger partial charge in [0.15, 0.2) is 0 Å². The Hall–Kier alpha value is -1.51. The molecule has 104 valence electrons. The van der Waals surface area contributed by atoms with Crippen molar-refractivity contribution in [2.75, 3.05) is 5.32 Å². The zero-order chi connectivity index (χ0) is 14.0. The summed E-state index contributed by atoms with van der Waals surface area (Å²) in [6.07, 6.45) is 2.51. The molecule has 2 N–H and O–H groups in total. The summed E-state index contributed by atoms with van der Waals surface area (Å²) in [5.74, 6) is 0.154. The highest BCUT2D eigenvalue weighted by Crippen LogP contribution is 2.38. The van der Waals surface area contributed by atoms with E-state index in [0.29, 0.717) is 24.7 Å². The van der Waals surface area contributed by atoms with Crippen LogP contribution in [-0.4, -0.2) is 16.6 Å². The van der Waals surface area contributed by atoms with E-state index in [-0.39, 0.29) is 0 Å². The van der Waals surface area contributed by atoms with Crippen molar-refractivity contribution in [2.45, 2.75) is 45.6 Å². The minimum absolute atomic E-state index is 0.442. The molecule has 0 amide bonds. The van der Waals surface area contributed by atoms with Crippen molar-refractivity contribution in [1.29, 1.82) is 0 Å². The lowest BCUT2D eigenvalue weighted by atomic mass is 9.71. The van der Waals surface area contributed by atoms with Gasteiger partial charge in [0.25, 0.3) is 0 Å². The van der Waals surface area contributed by atoms with Gasteiger partial charge < -0.3 is 10.4 Å². The van der Waals surface area contributed by atoms with Crippen molar-refractivity contribution in [1.82, 2.24) is 0 Å². The Morgan fingerprint density at radius 2 is 1.95 bits per heavy atom. The van der Waals surface area contributed by atoms with Crippen molar-refractivity contribution in [3.05, 3.63) is 29.8 Å². The summed E-state index contributed by atoms with van der Waals surface area (Å²) >= 11 is 0. The molecule has 2 rings (SSSR count). The topological polar surface area (TPSA) is 49.3 Å². The fourth-order valence-corrected chi connectivity index (χ4v) is 3.46. The fourth-order valence-electron chi connectivity index (χ4n) is 3.46. The van der Waals surface area contributed by atoms with E-state index in [9.17, 15) is 9.90 Å². The Balaban J connectivity index is 2.27. The summed E-state index contributed by atoms with van der Waals surface area (Å²) < 4.78 is 0. The maximum atomic E-state index is 11.8. The van der Waals surface area contributed by atoms with Crippen LogP contribution in [0.15, 0.2) is 24.3 Å². The van der Waals surface area contributed by atoms with Crippen LogP contribution in [0.5, 0.6) is 0 Å². The Labute approximate surface area is 115 Å². The lowest BCUT2D eigenvalue weighted by Crippen LogP contribution is -2.51. The molecule has 1 aliphatic carbocycles. The SMILES string of the molecule is Cc1cccc(NC2(C(=O)O)CC(C)CC(C)C2)c1. The average molecular weight is 261 g/mol. The van der Waals surface area contributed by atoms with Gasteiger partial charge in [-0.2, -0.15) is 0 Å². The number of rotatable bonds is 3. The van der Waals surface area contributed by atoms with Crippen LogP contribution in [0.25, 0.3) is 0 Å². The molecular formula is C16H23NO2. The van der Waals surface area contributed by atoms with E-state index in [2.05, 4.69) is 19.2 Å². The van der Waals surface area contributed by atoms with Gasteiger partial charge in [0.1, 0.15) is 5.54 Å². The Morgan fingerprint density at radius 1 is 1.32 bits per heavy atom. The van der Waals surface area contributed by atoms with Gasteiger partial charge in [0.05, 0.1) is 0 Å². The van der Waals surface area contributed by atoms with Gasteiger partial charge in [-0.1, -0.05) is 26.0 Å². The first-order valence-corrected chi connectivity index (χ1v) is 6.99. The zero-order valence-electron chi connectivity index (χ0n) is 11.9. The molecule has 0 radical (unpaired) electrons. The molecule has 3 nitrogen and oxygen atoms in total. The molecule has 1 aromatic rings. The van der Waals surface area contributed by atoms with Gasteiger partial charge in [-0.05, 0) is 55.7 Å². The van der Waals surface area contributed by atoms with E-state index in [1.165, 1.54) is 0 Å². The van der Waals surface area contributed by atoms with Gasteiger partial charge in [-0.3, -0.25) is 0 Å². The molecule has 3 heteroatoms. The molecule has 0 saturated heterocycles. The summed E-state index contributed by atoms with van der Waals surface area (Å²) in [7, 11) is 0. The van der Waals surface area contributed by atoms with Gasteiger partial charge in [-0.15, -0.1) is 0 Å². The number of nitrogens with one attached hydrogen (secondary N) is 1. The number of benzene rings is 1. The summed E-state index contributed by atoms with van der Waals surface area (Å²) in [4.78, 5) is 11.8. The lowest BCUT2D eigenvalue weighted by Gasteiger charge is -2.41. The van der Waals surface area contributed by atoms with Crippen LogP contribution in [0.3, 0.4) is 0 Å². The third-order valence-corrected chi connectivity index (χ3v) is 4.01. The molecule has 2 atom stereocenters. The smallest absolute Gasteiger partial charge is 0.329 e. The Kier molecular flexibility index (Phi) is 3.83. The molecule has 1 saturated carbocycles. The highest BCUT2D eigenvalue weighted by molar-refractivity contribution is 5.83. The molecule has 1 aromatic carbocycles. The first-order valence-electron chi connectivity index (χ1n) is 6.99. The third-order valence-electron chi connectivity index (χ3n) is 4.01. The number of carboxylic acids is 1. The Morgan fingerprint density at radius 3 is 2.47 bits per heavy atom. The number of aryl methyl sites for hydroxylation is 1. The van der Waals surface area contributed by atoms with E-state index in [1.807, 2.05) is 31.2 Å². The molecule has 0 bridgehead atoms.